The van der Waals surface area contributed by atoms with Crippen molar-refractivity contribution in [1.82, 2.24) is 0 Å². The maximum Gasteiger partial charge on any atom is 0.102 e. The van der Waals surface area contributed by atoms with E-state index in [0.717, 1.165) is 16.8 Å². The first-order chi connectivity index (χ1) is 10.3. The Hall–Kier alpha value is -2.79. The van der Waals surface area contributed by atoms with E-state index in [2.05, 4.69) is 41.7 Å². The van der Waals surface area contributed by atoms with E-state index in [1.807, 2.05) is 37.3 Å². The summed E-state index contributed by atoms with van der Waals surface area (Å²) in [5.41, 5.74) is 3.82. The van der Waals surface area contributed by atoms with Crippen LogP contribution in [0.1, 0.15) is 16.7 Å². The van der Waals surface area contributed by atoms with E-state index in [-0.39, 0.29) is 0 Å². The molecule has 2 nitrogen and oxygen atoms in total. The van der Waals surface area contributed by atoms with Crippen molar-refractivity contribution in [3.63, 3.8) is 0 Å². The second-order valence-corrected chi connectivity index (χ2v) is 5.14. The third-order valence-electron chi connectivity index (χ3n) is 3.68. The molecule has 0 bridgehead atoms. The van der Waals surface area contributed by atoms with Gasteiger partial charge < -0.3 is 5.32 Å². The molecule has 0 amide bonds. The Morgan fingerprint density at radius 1 is 0.952 bits per heavy atom. The molecule has 2 heteroatoms. The van der Waals surface area contributed by atoms with Crippen molar-refractivity contribution in [1.29, 1.82) is 5.26 Å². The highest BCUT2D eigenvalue weighted by molar-refractivity contribution is 5.83. The minimum absolute atomic E-state index is 0.711. The number of aryl methyl sites for hydroxylation is 1. The maximum absolute atomic E-state index is 9.25. The van der Waals surface area contributed by atoms with Gasteiger partial charge in [-0.2, -0.15) is 5.26 Å². The van der Waals surface area contributed by atoms with Crippen molar-refractivity contribution in [2.75, 3.05) is 5.32 Å². The molecule has 21 heavy (non-hydrogen) atoms. The number of hydrogen-bond acceptors (Lipinski definition) is 2. The quantitative estimate of drug-likeness (QED) is 0.754. The molecule has 3 aromatic rings. The van der Waals surface area contributed by atoms with E-state index >= 15 is 0 Å². The van der Waals surface area contributed by atoms with Crippen LogP contribution in [0.15, 0.2) is 60.7 Å². The van der Waals surface area contributed by atoms with Crippen LogP contribution in [0.4, 0.5) is 5.69 Å². The molecule has 0 fully saturated rings. The second-order valence-electron chi connectivity index (χ2n) is 5.14. The first-order valence-electron chi connectivity index (χ1n) is 6.99. The lowest BCUT2D eigenvalue weighted by molar-refractivity contribution is 1.15. The van der Waals surface area contributed by atoms with Crippen molar-refractivity contribution >= 4 is 16.5 Å². The lowest BCUT2D eigenvalue weighted by Crippen LogP contribution is -2.02. The SMILES string of the molecule is Cc1cccc(NCc2ccc3ccccc3c2)c1C#N. The molecule has 1 N–H and O–H groups in total. The highest BCUT2D eigenvalue weighted by Crippen LogP contribution is 2.20. The fraction of sp³-hybridized carbons (Fsp3) is 0.105. The predicted octanol–water partition coefficient (Wildman–Crippen LogP) is 4.63. The van der Waals surface area contributed by atoms with Gasteiger partial charge in [-0.15, -0.1) is 0 Å². The maximum atomic E-state index is 9.25. The van der Waals surface area contributed by atoms with E-state index in [4.69, 9.17) is 0 Å². The summed E-state index contributed by atoms with van der Waals surface area (Å²) in [5.74, 6) is 0. The van der Waals surface area contributed by atoms with Crippen molar-refractivity contribution < 1.29 is 0 Å². The lowest BCUT2D eigenvalue weighted by atomic mass is 10.1. The summed E-state index contributed by atoms with van der Waals surface area (Å²) in [6, 6.07) is 22.9. The van der Waals surface area contributed by atoms with E-state index in [1.54, 1.807) is 0 Å². The Bertz CT molecular complexity index is 828. The number of nitrogens with one attached hydrogen (secondary N) is 1. The summed E-state index contributed by atoms with van der Waals surface area (Å²) >= 11 is 0. The van der Waals surface area contributed by atoms with E-state index < -0.39 is 0 Å². The molecule has 0 aliphatic heterocycles. The van der Waals surface area contributed by atoms with Crippen LogP contribution in [0.5, 0.6) is 0 Å². The summed E-state index contributed by atoms with van der Waals surface area (Å²) in [7, 11) is 0. The van der Waals surface area contributed by atoms with Gasteiger partial charge in [-0.25, -0.2) is 0 Å². The van der Waals surface area contributed by atoms with Crippen molar-refractivity contribution in [2.24, 2.45) is 0 Å². The van der Waals surface area contributed by atoms with E-state index in [9.17, 15) is 5.26 Å². The van der Waals surface area contributed by atoms with Gasteiger partial charge in [0.2, 0.25) is 0 Å². The van der Waals surface area contributed by atoms with Gasteiger partial charge in [0.1, 0.15) is 6.07 Å². The Morgan fingerprint density at radius 3 is 2.57 bits per heavy atom. The molecule has 0 saturated carbocycles. The van der Waals surface area contributed by atoms with Crippen LogP contribution in [-0.2, 0) is 6.54 Å². The molecule has 0 heterocycles. The average Bonchev–Trinajstić information content (AvgIpc) is 2.52. The zero-order chi connectivity index (χ0) is 14.7. The molecule has 0 aromatic heterocycles. The fourth-order valence-electron chi connectivity index (χ4n) is 2.51. The minimum atomic E-state index is 0.711. The fourth-order valence-corrected chi connectivity index (χ4v) is 2.51. The molecule has 0 aliphatic carbocycles. The molecule has 0 atom stereocenters. The van der Waals surface area contributed by atoms with Crippen LogP contribution >= 0.6 is 0 Å². The van der Waals surface area contributed by atoms with Gasteiger partial charge in [-0.3, -0.25) is 0 Å². The normalized spacial score (nSPS) is 10.3. The Labute approximate surface area is 124 Å². The standard InChI is InChI=1S/C19H16N2/c1-14-5-4-8-19(18(14)12-20)21-13-15-9-10-16-6-2-3-7-17(16)11-15/h2-11,21H,13H2,1H3. The summed E-state index contributed by atoms with van der Waals surface area (Å²) < 4.78 is 0. The summed E-state index contributed by atoms with van der Waals surface area (Å²) in [5, 5.41) is 15.1. The van der Waals surface area contributed by atoms with Crippen LogP contribution in [-0.4, -0.2) is 0 Å². The Kier molecular flexibility index (Phi) is 3.57. The second kappa shape index (κ2) is 5.68. The van der Waals surface area contributed by atoms with Gasteiger partial charge in [-0.1, -0.05) is 48.5 Å². The van der Waals surface area contributed by atoms with Gasteiger partial charge in [0.25, 0.3) is 0 Å². The van der Waals surface area contributed by atoms with Gasteiger partial charge in [0.05, 0.1) is 11.3 Å². The lowest BCUT2D eigenvalue weighted by Gasteiger charge is -2.10. The number of anilines is 1. The van der Waals surface area contributed by atoms with E-state index in [1.165, 1.54) is 16.3 Å². The van der Waals surface area contributed by atoms with Crippen molar-refractivity contribution in [3.8, 4) is 6.07 Å². The first kappa shape index (κ1) is 13.2. The zero-order valence-corrected chi connectivity index (χ0v) is 11.9. The largest absolute Gasteiger partial charge is 0.380 e. The first-order valence-corrected chi connectivity index (χ1v) is 6.99. The molecule has 0 radical (unpaired) electrons. The molecule has 0 spiro atoms. The predicted molar refractivity (Wildman–Crippen MR) is 87.2 cm³/mol. The Morgan fingerprint density at radius 2 is 1.76 bits per heavy atom. The van der Waals surface area contributed by atoms with Crippen LogP contribution in [0, 0.1) is 18.3 Å². The molecule has 0 saturated heterocycles. The molecule has 102 valence electrons. The summed E-state index contributed by atoms with van der Waals surface area (Å²) in [4.78, 5) is 0. The monoisotopic (exact) mass is 272 g/mol. The molecule has 0 aliphatic rings. The minimum Gasteiger partial charge on any atom is -0.380 e. The van der Waals surface area contributed by atoms with Crippen LogP contribution in [0.2, 0.25) is 0 Å². The molecular weight excluding hydrogens is 256 g/mol. The van der Waals surface area contributed by atoms with Gasteiger partial charge in [-0.05, 0) is 41.0 Å². The van der Waals surface area contributed by atoms with Gasteiger partial charge in [0, 0.05) is 6.54 Å². The number of fused-ring (bicyclic) bond motifs is 1. The number of nitrogens with zero attached hydrogens (tertiary/aromatic N) is 1. The Balaban J connectivity index is 1.84. The zero-order valence-electron chi connectivity index (χ0n) is 11.9. The molecule has 3 aromatic carbocycles. The summed E-state index contributed by atoms with van der Waals surface area (Å²) in [6.07, 6.45) is 0. The number of benzene rings is 3. The topological polar surface area (TPSA) is 35.8 Å². The number of rotatable bonds is 3. The highest BCUT2D eigenvalue weighted by Gasteiger charge is 2.04. The van der Waals surface area contributed by atoms with Crippen LogP contribution in [0.3, 0.4) is 0 Å². The van der Waals surface area contributed by atoms with Gasteiger partial charge in [0.15, 0.2) is 0 Å². The number of hydrogen-bond donors (Lipinski definition) is 1. The van der Waals surface area contributed by atoms with Crippen LogP contribution in [0.25, 0.3) is 10.8 Å². The highest BCUT2D eigenvalue weighted by atomic mass is 14.9. The average molecular weight is 272 g/mol. The molecular formula is C19H16N2. The third-order valence-corrected chi connectivity index (χ3v) is 3.68. The van der Waals surface area contributed by atoms with Crippen molar-refractivity contribution in [3.05, 3.63) is 77.4 Å². The summed E-state index contributed by atoms with van der Waals surface area (Å²) in [6.45, 7) is 2.67. The number of nitriles is 1. The molecule has 3 rings (SSSR count). The van der Waals surface area contributed by atoms with E-state index in [0.29, 0.717) is 6.54 Å². The van der Waals surface area contributed by atoms with Crippen LogP contribution < -0.4 is 5.32 Å². The molecule has 0 unspecified atom stereocenters. The third kappa shape index (κ3) is 2.73. The van der Waals surface area contributed by atoms with Crippen molar-refractivity contribution in [2.45, 2.75) is 13.5 Å². The smallest absolute Gasteiger partial charge is 0.102 e. The van der Waals surface area contributed by atoms with Gasteiger partial charge >= 0.3 is 0 Å².